The van der Waals surface area contributed by atoms with Gasteiger partial charge < -0.3 is 10.5 Å². The van der Waals surface area contributed by atoms with E-state index in [0.717, 1.165) is 21.3 Å². The summed E-state index contributed by atoms with van der Waals surface area (Å²) >= 11 is 3.47. The van der Waals surface area contributed by atoms with Gasteiger partial charge in [0.15, 0.2) is 0 Å². The van der Waals surface area contributed by atoms with Gasteiger partial charge in [0.05, 0.1) is 13.2 Å². The van der Waals surface area contributed by atoms with Crippen LogP contribution in [0.5, 0.6) is 5.75 Å². The van der Waals surface area contributed by atoms with Crippen molar-refractivity contribution in [2.45, 2.75) is 13.0 Å². The molecule has 1 atom stereocenters. The average molecular weight is 306 g/mol. The fourth-order valence-corrected chi connectivity index (χ4v) is 2.39. The average Bonchev–Trinajstić information content (AvgIpc) is 2.38. The summed E-state index contributed by atoms with van der Waals surface area (Å²) in [6.07, 6.45) is 0. The Balaban J connectivity index is 2.44. The molecule has 2 rings (SSSR count). The molecule has 18 heavy (non-hydrogen) atoms. The molecule has 0 saturated heterocycles. The van der Waals surface area contributed by atoms with Crippen LogP contribution in [0.3, 0.4) is 0 Å². The summed E-state index contributed by atoms with van der Waals surface area (Å²) in [5.74, 6) is 0.827. The Morgan fingerprint density at radius 2 is 1.94 bits per heavy atom. The minimum absolute atomic E-state index is 0.183. The fourth-order valence-electron chi connectivity index (χ4n) is 1.98. The number of hydrogen-bond donors (Lipinski definition) is 1. The Morgan fingerprint density at radius 1 is 1.17 bits per heavy atom. The molecule has 2 aromatic rings. The molecule has 0 aromatic heterocycles. The molecule has 94 valence electrons. The first-order valence-electron chi connectivity index (χ1n) is 5.77. The molecule has 0 bridgehead atoms. The second kappa shape index (κ2) is 5.55. The molecule has 0 saturated carbocycles. The highest BCUT2D eigenvalue weighted by Crippen LogP contribution is 2.30. The normalized spacial score (nSPS) is 12.2. The molecule has 2 aromatic carbocycles. The van der Waals surface area contributed by atoms with Crippen LogP contribution in [0.15, 0.2) is 46.9 Å². The van der Waals surface area contributed by atoms with Crippen LogP contribution in [0.25, 0.3) is 0 Å². The van der Waals surface area contributed by atoms with Crippen LogP contribution in [-0.2, 0) is 0 Å². The van der Waals surface area contributed by atoms with Gasteiger partial charge in [-0.3, -0.25) is 0 Å². The van der Waals surface area contributed by atoms with E-state index in [1.807, 2.05) is 36.4 Å². The maximum Gasteiger partial charge on any atom is 0.123 e. The fraction of sp³-hybridized carbons (Fsp3) is 0.200. The van der Waals surface area contributed by atoms with E-state index in [2.05, 4.69) is 28.9 Å². The third-order valence-electron chi connectivity index (χ3n) is 2.93. The molecule has 0 aliphatic rings. The quantitative estimate of drug-likeness (QED) is 0.936. The number of benzene rings is 2. The van der Waals surface area contributed by atoms with Gasteiger partial charge in [-0.2, -0.15) is 0 Å². The van der Waals surface area contributed by atoms with E-state index in [1.54, 1.807) is 7.11 Å². The zero-order chi connectivity index (χ0) is 13.1. The zero-order valence-electron chi connectivity index (χ0n) is 10.5. The second-order valence-electron chi connectivity index (χ2n) is 4.28. The molecule has 0 radical (unpaired) electrons. The van der Waals surface area contributed by atoms with Crippen molar-refractivity contribution in [3.8, 4) is 5.75 Å². The maximum absolute atomic E-state index is 6.33. The molecule has 1 unspecified atom stereocenters. The number of aryl methyl sites for hydroxylation is 1. The molecule has 2 nitrogen and oxygen atoms in total. The smallest absolute Gasteiger partial charge is 0.123 e. The SMILES string of the molecule is COc1ccc(C)cc1C(N)c1cccc(Br)c1. The van der Waals surface area contributed by atoms with Gasteiger partial charge in [0.2, 0.25) is 0 Å². The second-order valence-corrected chi connectivity index (χ2v) is 5.19. The van der Waals surface area contributed by atoms with Crippen molar-refractivity contribution in [2.75, 3.05) is 7.11 Å². The minimum atomic E-state index is -0.183. The number of ether oxygens (including phenoxy) is 1. The minimum Gasteiger partial charge on any atom is -0.496 e. The number of halogens is 1. The molecule has 3 heteroatoms. The van der Waals surface area contributed by atoms with Crippen LogP contribution in [0.4, 0.5) is 0 Å². The van der Waals surface area contributed by atoms with Crippen molar-refractivity contribution in [3.05, 3.63) is 63.6 Å². The predicted octanol–water partition coefficient (Wildman–Crippen LogP) is 3.81. The molecule has 0 aliphatic carbocycles. The monoisotopic (exact) mass is 305 g/mol. The Hall–Kier alpha value is -1.32. The highest BCUT2D eigenvalue weighted by molar-refractivity contribution is 9.10. The zero-order valence-corrected chi connectivity index (χ0v) is 12.1. The van der Waals surface area contributed by atoms with Crippen molar-refractivity contribution in [1.29, 1.82) is 0 Å². The first kappa shape index (κ1) is 13.1. The number of methoxy groups -OCH3 is 1. The summed E-state index contributed by atoms with van der Waals surface area (Å²) < 4.78 is 6.41. The molecule has 0 spiro atoms. The summed E-state index contributed by atoms with van der Waals surface area (Å²) in [5, 5.41) is 0. The van der Waals surface area contributed by atoms with Gasteiger partial charge in [-0.25, -0.2) is 0 Å². The third-order valence-corrected chi connectivity index (χ3v) is 3.42. The van der Waals surface area contributed by atoms with E-state index in [-0.39, 0.29) is 6.04 Å². The standard InChI is InChI=1S/C15H16BrNO/c1-10-6-7-14(18-2)13(8-10)15(17)11-4-3-5-12(16)9-11/h3-9,15H,17H2,1-2H3. The van der Waals surface area contributed by atoms with Crippen LogP contribution in [0.1, 0.15) is 22.7 Å². The van der Waals surface area contributed by atoms with Gasteiger partial charge in [-0.15, -0.1) is 0 Å². The van der Waals surface area contributed by atoms with E-state index in [1.165, 1.54) is 5.56 Å². The highest BCUT2D eigenvalue weighted by atomic mass is 79.9. The van der Waals surface area contributed by atoms with Gasteiger partial charge in [-0.1, -0.05) is 45.8 Å². The lowest BCUT2D eigenvalue weighted by Gasteiger charge is -2.17. The molecule has 0 amide bonds. The topological polar surface area (TPSA) is 35.2 Å². The van der Waals surface area contributed by atoms with E-state index in [0.29, 0.717) is 0 Å². The van der Waals surface area contributed by atoms with E-state index in [9.17, 15) is 0 Å². The number of rotatable bonds is 3. The van der Waals surface area contributed by atoms with Crippen molar-refractivity contribution in [2.24, 2.45) is 5.73 Å². The Labute approximate surface area is 116 Å². The van der Waals surface area contributed by atoms with Crippen molar-refractivity contribution < 1.29 is 4.74 Å². The van der Waals surface area contributed by atoms with Gasteiger partial charge in [-0.05, 0) is 30.7 Å². The van der Waals surface area contributed by atoms with E-state index in [4.69, 9.17) is 10.5 Å². The summed E-state index contributed by atoms with van der Waals surface area (Å²) in [4.78, 5) is 0. The van der Waals surface area contributed by atoms with Gasteiger partial charge in [0.25, 0.3) is 0 Å². The van der Waals surface area contributed by atoms with Crippen molar-refractivity contribution in [1.82, 2.24) is 0 Å². The largest absolute Gasteiger partial charge is 0.496 e. The van der Waals surface area contributed by atoms with Crippen LogP contribution < -0.4 is 10.5 Å². The van der Waals surface area contributed by atoms with E-state index < -0.39 is 0 Å². The first-order chi connectivity index (χ1) is 8.61. The Bertz CT molecular complexity index is 554. The lowest BCUT2D eigenvalue weighted by molar-refractivity contribution is 0.407. The van der Waals surface area contributed by atoms with Crippen LogP contribution in [-0.4, -0.2) is 7.11 Å². The maximum atomic E-state index is 6.33. The summed E-state index contributed by atoms with van der Waals surface area (Å²) in [7, 11) is 1.67. The van der Waals surface area contributed by atoms with Crippen LogP contribution >= 0.6 is 15.9 Å². The van der Waals surface area contributed by atoms with Crippen molar-refractivity contribution in [3.63, 3.8) is 0 Å². The molecule has 2 N–H and O–H groups in total. The van der Waals surface area contributed by atoms with Crippen molar-refractivity contribution >= 4 is 15.9 Å². The van der Waals surface area contributed by atoms with Gasteiger partial charge >= 0.3 is 0 Å². The summed E-state index contributed by atoms with van der Waals surface area (Å²) in [6, 6.07) is 13.9. The lowest BCUT2D eigenvalue weighted by atomic mass is 9.97. The van der Waals surface area contributed by atoms with Crippen LogP contribution in [0.2, 0.25) is 0 Å². The first-order valence-corrected chi connectivity index (χ1v) is 6.56. The number of nitrogens with two attached hydrogens (primary N) is 1. The predicted molar refractivity (Wildman–Crippen MR) is 77.9 cm³/mol. The molecule has 0 fully saturated rings. The Kier molecular flexibility index (Phi) is 4.04. The molecule has 0 aliphatic heterocycles. The summed E-state index contributed by atoms with van der Waals surface area (Å²) in [5.41, 5.74) is 9.58. The number of hydrogen-bond acceptors (Lipinski definition) is 2. The molecule has 0 heterocycles. The molecular weight excluding hydrogens is 290 g/mol. The third kappa shape index (κ3) is 2.74. The van der Waals surface area contributed by atoms with E-state index >= 15 is 0 Å². The van der Waals surface area contributed by atoms with Gasteiger partial charge in [0, 0.05) is 10.0 Å². The highest BCUT2D eigenvalue weighted by Gasteiger charge is 2.14. The van der Waals surface area contributed by atoms with Gasteiger partial charge in [0.1, 0.15) is 5.75 Å². The molecular formula is C15H16BrNO. The lowest BCUT2D eigenvalue weighted by Crippen LogP contribution is -2.13. The summed E-state index contributed by atoms with van der Waals surface area (Å²) in [6.45, 7) is 2.05. The Morgan fingerprint density at radius 3 is 2.61 bits per heavy atom. The van der Waals surface area contributed by atoms with Crippen LogP contribution in [0, 0.1) is 6.92 Å².